The molecule has 0 spiro atoms. The van der Waals surface area contributed by atoms with Gasteiger partial charge in [0.1, 0.15) is 0 Å². The van der Waals surface area contributed by atoms with Gasteiger partial charge in [-0.15, -0.1) is 0 Å². The van der Waals surface area contributed by atoms with Gasteiger partial charge in [-0.25, -0.2) is 4.79 Å². The Labute approximate surface area is 152 Å². The lowest BCUT2D eigenvalue weighted by Crippen LogP contribution is -2.28. The summed E-state index contributed by atoms with van der Waals surface area (Å²) in [5.74, 6) is -0.672. The minimum atomic E-state index is -0.444. The van der Waals surface area contributed by atoms with E-state index in [-0.39, 0.29) is 5.91 Å². The lowest BCUT2D eigenvalue weighted by atomic mass is 9.96. The normalized spacial score (nSPS) is 14.8. The zero-order chi connectivity index (χ0) is 18.9. The topological polar surface area (TPSA) is 93.4 Å². The van der Waals surface area contributed by atoms with Gasteiger partial charge >= 0.3 is 5.97 Å². The third-order valence-electron chi connectivity index (χ3n) is 4.24. The number of benzene rings is 2. The van der Waals surface area contributed by atoms with Gasteiger partial charge in [0.25, 0.3) is 5.91 Å². The van der Waals surface area contributed by atoms with E-state index >= 15 is 0 Å². The van der Waals surface area contributed by atoms with E-state index in [1.807, 2.05) is 38.1 Å². The first-order valence-corrected chi connectivity index (χ1v) is 8.20. The van der Waals surface area contributed by atoms with E-state index in [2.05, 4.69) is 10.6 Å². The minimum absolute atomic E-state index is 0.228. The van der Waals surface area contributed by atoms with Crippen molar-refractivity contribution in [2.75, 3.05) is 17.7 Å². The van der Waals surface area contributed by atoms with Gasteiger partial charge in [0.05, 0.1) is 18.2 Å². The average molecular weight is 351 g/mol. The summed E-state index contributed by atoms with van der Waals surface area (Å²) in [6, 6.07) is 12.7. The van der Waals surface area contributed by atoms with Crippen LogP contribution in [0.15, 0.2) is 48.7 Å². The molecule has 0 fully saturated rings. The molecular formula is C20H21N3O3. The smallest absolute Gasteiger partial charge is 0.337 e. The summed E-state index contributed by atoms with van der Waals surface area (Å²) in [5.41, 5.74) is 9.75. The number of hydrogen-bond donors (Lipinski definition) is 3. The first-order chi connectivity index (χ1) is 12.3. The fourth-order valence-electron chi connectivity index (χ4n) is 2.73. The number of nitrogens with one attached hydrogen (secondary N) is 2. The monoisotopic (exact) mass is 351 g/mol. The fourth-order valence-corrected chi connectivity index (χ4v) is 2.73. The molecule has 2 aromatic carbocycles. The number of nitrogens with two attached hydrogens (primary N) is 1. The lowest BCUT2D eigenvalue weighted by Gasteiger charge is -2.19. The Balaban J connectivity index is 1.82. The Hall–Kier alpha value is -3.12. The number of rotatable bonds is 4. The number of methoxy groups -OCH3 is 1. The average Bonchev–Trinajstić information content (AvgIpc) is 2.93. The van der Waals surface area contributed by atoms with Crippen LogP contribution >= 0.6 is 0 Å². The highest BCUT2D eigenvalue weighted by Crippen LogP contribution is 2.32. The molecule has 0 aromatic heterocycles. The molecule has 6 heteroatoms. The second-order valence-corrected chi connectivity index (χ2v) is 6.71. The maximum absolute atomic E-state index is 12.2. The molecule has 0 radical (unpaired) electrons. The van der Waals surface area contributed by atoms with Crippen molar-refractivity contribution in [3.63, 3.8) is 0 Å². The van der Waals surface area contributed by atoms with Crippen LogP contribution < -0.4 is 16.4 Å². The minimum Gasteiger partial charge on any atom is -0.465 e. The van der Waals surface area contributed by atoms with Crippen molar-refractivity contribution in [2.24, 2.45) is 5.73 Å². The number of hydrogen-bond acceptors (Lipinski definition) is 5. The molecule has 1 aliphatic heterocycles. The molecule has 0 saturated heterocycles. The van der Waals surface area contributed by atoms with Crippen molar-refractivity contribution < 1.29 is 14.3 Å². The second kappa shape index (κ2) is 6.65. The van der Waals surface area contributed by atoms with Crippen molar-refractivity contribution in [1.29, 1.82) is 0 Å². The van der Waals surface area contributed by atoms with Gasteiger partial charge in [0, 0.05) is 28.7 Å². The molecule has 6 nitrogen and oxygen atoms in total. The summed E-state index contributed by atoms with van der Waals surface area (Å²) in [6.45, 7) is 3.89. The van der Waals surface area contributed by atoms with Crippen molar-refractivity contribution in [1.82, 2.24) is 0 Å². The molecule has 1 amide bonds. The molecule has 0 aliphatic carbocycles. The Kier molecular flexibility index (Phi) is 4.52. The van der Waals surface area contributed by atoms with E-state index in [0.717, 1.165) is 16.8 Å². The molecule has 1 aliphatic rings. The van der Waals surface area contributed by atoms with Crippen LogP contribution in [0.2, 0.25) is 0 Å². The molecular weight excluding hydrogens is 330 g/mol. The molecule has 1 heterocycles. The first kappa shape index (κ1) is 17.7. The van der Waals surface area contributed by atoms with E-state index in [9.17, 15) is 9.59 Å². The molecule has 0 bridgehead atoms. The molecule has 0 atom stereocenters. The standard InChI is InChI=1S/C20H21N3O3/c1-20(2,21)13-5-7-14(8-6-13)22-11-16-15-9-4-12(19(25)26-3)10-17(15)23-18(16)24/h4-11,22H,21H2,1-3H3,(H,23,24). The molecule has 0 saturated carbocycles. The van der Waals surface area contributed by atoms with Crippen molar-refractivity contribution >= 4 is 28.8 Å². The summed E-state index contributed by atoms with van der Waals surface area (Å²) in [4.78, 5) is 23.9. The predicted molar refractivity (Wildman–Crippen MR) is 102 cm³/mol. The lowest BCUT2D eigenvalue weighted by molar-refractivity contribution is -0.110. The van der Waals surface area contributed by atoms with Crippen molar-refractivity contribution in [3.8, 4) is 0 Å². The Morgan fingerprint density at radius 2 is 1.88 bits per heavy atom. The summed E-state index contributed by atoms with van der Waals surface area (Å²) in [7, 11) is 1.32. The molecule has 26 heavy (non-hydrogen) atoms. The van der Waals surface area contributed by atoms with E-state index in [1.165, 1.54) is 7.11 Å². The zero-order valence-electron chi connectivity index (χ0n) is 14.9. The van der Waals surface area contributed by atoms with E-state index in [0.29, 0.717) is 16.8 Å². The number of esters is 1. The number of carbonyl (C=O) groups excluding carboxylic acids is 2. The highest BCUT2D eigenvalue weighted by atomic mass is 16.5. The van der Waals surface area contributed by atoms with Gasteiger partial charge in [-0.05, 0) is 43.7 Å². The van der Waals surface area contributed by atoms with E-state index < -0.39 is 11.5 Å². The quantitative estimate of drug-likeness (QED) is 0.581. The maximum Gasteiger partial charge on any atom is 0.337 e. The van der Waals surface area contributed by atoms with Crippen LogP contribution in [0.4, 0.5) is 11.4 Å². The zero-order valence-corrected chi connectivity index (χ0v) is 14.9. The number of fused-ring (bicyclic) bond motifs is 1. The summed E-state index contributed by atoms with van der Waals surface area (Å²) in [5, 5.41) is 5.89. The van der Waals surface area contributed by atoms with Crippen LogP contribution in [-0.4, -0.2) is 19.0 Å². The number of ether oxygens (including phenoxy) is 1. The van der Waals surface area contributed by atoms with Crippen LogP contribution in [0, 0.1) is 0 Å². The summed E-state index contributed by atoms with van der Waals surface area (Å²) < 4.78 is 4.70. The molecule has 4 N–H and O–H groups in total. The van der Waals surface area contributed by atoms with Crippen molar-refractivity contribution in [3.05, 3.63) is 65.4 Å². The van der Waals surface area contributed by atoms with Gasteiger partial charge in [-0.1, -0.05) is 18.2 Å². The van der Waals surface area contributed by atoms with Crippen LogP contribution in [0.5, 0.6) is 0 Å². The Morgan fingerprint density at radius 1 is 1.19 bits per heavy atom. The van der Waals surface area contributed by atoms with Gasteiger partial charge in [0.15, 0.2) is 0 Å². The SMILES string of the molecule is COC(=O)c1ccc2c(c1)NC(=O)C2=CNc1ccc(C(C)(C)N)cc1. The number of carbonyl (C=O) groups is 2. The molecule has 3 rings (SSSR count). The fraction of sp³-hybridized carbons (Fsp3) is 0.200. The summed E-state index contributed by atoms with van der Waals surface area (Å²) >= 11 is 0. The van der Waals surface area contributed by atoms with Gasteiger partial charge in [-0.2, -0.15) is 0 Å². The third kappa shape index (κ3) is 3.45. The van der Waals surface area contributed by atoms with E-state index in [1.54, 1.807) is 24.4 Å². The van der Waals surface area contributed by atoms with Gasteiger partial charge < -0.3 is 21.1 Å². The highest BCUT2D eigenvalue weighted by molar-refractivity contribution is 6.31. The van der Waals surface area contributed by atoms with Crippen molar-refractivity contribution in [2.45, 2.75) is 19.4 Å². The van der Waals surface area contributed by atoms with Crippen LogP contribution in [0.3, 0.4) is 0 Å². The third-order valence-corrected chi connectivity index (χ3v) is 4.24. The number of amides is 1. The summed E-state index contributed by atoms with van der Waals surface area (Å²) in [6.07, 6.45) is 1.65. The second-order valence-electron chi connectivity index (χ2n) is 6.71. The highest BCUT2D eigenvalue weighted by Gasteiger charge is 2.25. The molecule has 0 unspecified atom stereocenters. The molecule has 134 valence electrons. The van der Waals surface area contributed by atoms with Gasteiger partial charge in [0.2, 0.25) is 0 Å². The van der Waals surface area contributed by atoms with E-state index in [4.69, 9.17) is 10.5 Å². The van der Waals surface area contributed by atoms with Gasteiger partial charge in [-0.3, -0.25) is 4.79 Å². The largest absolute Gasteiger partial charge is 0.465 e. The predicted octanol–water partition coefficient (Wildman–Crippen LogP) is 3.07. The first-order valence-electron chi connectivity index (χ1n) is 8.20. The van der Waals surface area contributed by atoms with Crippen LogP contribution in [0.1, 0.15) is 35.3 Å². The Morgan fingerprint density at radius 3 is 2.50 bits per heavy atom. The maximum atomic E-state index is 12.2. The Bertz CT molecular complexity index is 894. The van der Waals surface area contributed by atoms with Crippen LogP contribution in [0.25, 0.3) is 5.57 Å². The molecule has 2 aromatic rings. The number of anilines is 2. The van der Waals surface area contributed by atoms with Crippen LogP contribution in [-0.2, 0) is 15.1 Å².